The van der Waals surface area contributed by atoms with E-state index in [2.05, 4.69) is 0 Å². The summed E-state index contributed by atoms with van der Waals surface area (Å²) in [6.07, 6.45) is 2.15. The van der Waals surface area contributed by atoms with Gasteiger partial charge in [-0.15, -0.1) is 0 Å². The topological polar surface area (TPSA) is 54.0 Å². The Kier molecular flexibility index (Phi) is 5.69. The van der Waals surface area contributed by atoms with E-state index in [1.807, 2.05) is 66.7 Å². The second-order valence-corrected chi connectivity index (χ2v) is 5.62. The van der Waals surface area contributed by atoms with E-state index >= 15 is 0 Å². The molecular weight excluding hydrogens is 320 g/mol. The quantitative estimate of drug-likeness (QED) is 0.717. The molecule has 0 amide bonds. The summed E-state index contributed by atoms with van der Waals surface area (Å²) in [4.78, 5) is 11.4. The molecule has 2 aromatic rings. The van der Waals surface area contributed by atoms with E-state index in [9.17, 15) is 4.79 Å². The summed E-state index contributed by atoms with van der Waals surface area (Å²) in [5.41, 5.74) is 2.05. The highest BCUT2D eigenvalue weighted by Crippen LogP contribution is 2.19. The SMILES string of the molecule is COc1ccc(COC[C@@H]2OC(=O)O[C@H]2/C=C/c2ccccc2)cc1. The van der Waals surface area contributed by atoms with Crippen molar-refractivity contribution in [1.29, 1.82) is 0 Å². The first-order chi connectivity index (χ1) is 12.2. The molecule has 0 N–H and O–H groups in total. The van der Waals surface area contributed by atoms with E-state index < -0.39 is 18.4 Å². The molecule has 2 aromatic carbocycles. The molecule has 0 aliphatic carbocycles. The average molecular weight is 340 g/mol. The molecule has 1 aliphatic rings. The maximum atomic E-state index is 11.4. The molecular formula is C20H20O5. The zero-order valence-corrected chi connectivity index (χ0v) is 14.0. The van der Waals surface area contributed by atoms with Gasteiger partial charge in [-0.2, -0.15) is 0 Å². The summed E-state index contributed by atoms with van der Waals surface area (Å²) in [6, 6.07) is 17.4. The van der Waals surface area contributed by atoms with Crippen molar-refractivity contribution in [2.75, 3.05) is 13.7 Å². The summed E-state index contributed by atoms with van der Waals surface area (Å²) in [6.45, 7) is 0.689. The van der Waals surface area contributed by atoms with Crippen molar-refractivity contribution >= 4 is 12.2 Å². The Morgan fingerprint density at radius 1 is 1.04 bits per heavy atom. The van der Waals surface area contributed by atoms with E-state index in [-0.39, 0.29) is 6.61 Å². The fourth-order valence-electron chi connectivity index (χ4n) is 2.48. The van der Waals surface area contributed by atoms with Gasteiger partial charge in [-0.25, -0.2) is 4.79 Å². The van der Waals surface area contributed by atoms with Gasteiger partial charge in [-0.3, -0.25) is 0 Å². The summed E-state index contributed by atoms with van der Waals surface area (Å²) >= 11 is 0. The molecule has 5 heteroatoms. The smallest absolute Gasteiger partial charge is 0.497 e. The number of methoxy groups -OCH3 is 1. The predicted octanol–water partition coefficient (Wildman–Crippen LogP) is 3.83. The van der Waals surface area contributed by atoms with E-state index in [1.165, 1.54) is 0 Å². The Balaban J connectivity index is 1.52. The minimum absolute atomic E-state index is 0.265. The molecule has 3 rings (SSSR count). The molecule has 0 saturated carbocycles. The monoisotopic (exact) mass is 340 g/mol. The van der Waals surface area contributed by atoms with Crippen molar-refractivity contribution < 1.29 is 23.7 Å². The van der Waals surface area contributed by atoms with Crippen molar-refractivity contribution in [2.45, 2.75) is 18.8 Å². The lowest BCUT2D eigenvalue weighted by molar-refractivity contribution is 0.0306. The molecule has 2 atom stereocenters. The largest absolute Gasteiger partial charge is 0.509 e. The van der Waals surface area contributed by atoms with Crippen LogP contribution in [0.3, 0.4) is 0 Å². The van der Waals surface area contributed by atoms with Crippen molar-refractivity contribution in [1.82, 2.24) is 0 Å². The molecule has 5 nitrogen and oxygen atoms in total. The molecule has 1 saturated heterocycles. The van der Waals surface area contributed by atoms with E-state index in [0.717, 1.165) is 16.9 Å². The zero-order valence-electron chi connectivity index (χ0n) is 14.0. The van der Waals surface area contributed by atoms with Crippen LogP contribution in [0.25, 0.3) is 6.08 Å². The molecule has 25 heavy (non-hydrogen) atoms. The fourth-order valence-corrected chi connectivity index (χ4v) is 2.48. The number of hydrogen-bond donors (Lipinski definition) is 0. The summed E-state index contributed by atoms with van der Waals surface area (Å²) in [5.74, 6) is 0.799. The highest BCUT2D eigenvalue weighted by Gasteiger charge is 2.34. The maximum absolute atomic E-state index is 11.4. The van der Waals surface area contributed by atoms with Crippen molar-refractivity contribution in [3.05, 3.63) is 71.8 Å². The van der Waals surface area contributed by atoms with Crippen LogP contribution in [0.15, 0.2) is 60.7 Å². The van der Waals surface area contributed by atoms with Gasteiger partial charge >= 0.3 is 6.16 Å². The zero-order chi connectivity index (χ0) is 17.5. The van der Waals surface area contributed by atoms with E-state index in [1.54, 1.807) is 7.11 Å². The summed E-state index contributed by atoms with van der Waals surface area (Å²) in [5, 5.41) is 0. The number of hydrogen-bond acceptors (Lipinski definition) is 5. The van der Waals surface area contributed by atoms with Crippen LogP contribution in [0, 0.1) is 0 Å². The standard InChI is InChI=1S/C20H20O5/c1-22-17-10-7-16(8-11-17)13-23-14-19-18(24-20(21)25-19)12-9-15-5-3-2-4-6-15/h2-12,18-19H,13-14H2,1H3/b12-9+/t18-,19-/m0/s1. The highest BCUT2D eigenvalue weighted by molar-refractivity contribution is 5.63. The van der Waals surface area contributed by atoms with Crippen LogP contribution < -0.4 is 4.74 Å². The second-order valence-electron chi connectivity index (χ2n) is 5.62. The molecule has 1 fully saturated rings. The third-order valence-corrected chi connectivity index (χ3v) is 3.83. The fraction of sp³-hybridized carbons (Fsp3) is 0.250. The Hall–Kier alpha value is -2.79. The number of benzene rings is 2. The molecule has 1 heterocycles. The van der Waals surface area contributed by atoms with Gasteiger partial charge in [0.25, 0.3) is 0 Å². The van der Waals surface area contributed by atoms with Gasteiger partial charge in [0.05, 0.1) is 20.3 Å². The molecule has 0 radical (unpaired) electrons. The van der Waals surface area contributed by atoms with Crippen LogP contribution in [-0.4, -0.2) is 32.1 Å². The van der Waals surface area contributed by atoms with Crippen LogP contribution in [0.2, 0.25) is 0 Å². The van der Waals surface area contributed by atoms with Crippen molar-refractivity contribution in [3.63, 3.8) is 0 Å². The van der Waals surface area contributed by atoms with Crippen molar-refractivity contribution in [3.8, 4) is 5.75 Å². The molecule has 0 spiro atoms. The first-order valence-electron chi connectivity index (χ1n) is 8.06. The molecule has 0 unspecified atom stereocenters. The lowest BCUT2D eigenvalue weighted by Gasteiger charge is -2.13. The van der Waals surface area contributed by atoms with Gasteiger partial charge in [-0.05, 0) is 29.3 Å². The van der Waals surface area contributed by atoms with Crippen molar-refractivity contribution in [2.24, 2.45) is 0 Å². The number of rotatable bonds is 7. The third-order valence-electron chi connectivity index (χ3n) is 3.83. The predicted molar refractivity (Wildman–Crippen MR) is 93.3 cm³/mol. The minimum atomic E-state index is -0.666. The van der Waals surface area contributed by atoms with E-state index in [0.29, 0.717) is 6.61 Å². The van der Waals surface area contributed by atoms with E-state index in [4.69, 9.17) is 18.9 Å². The van der Waals surface area contributed by atoms with Gasteiger partial charge in [0, 0.05) is 0 Å². The third kappa shape index (κ3) is 4.84. The average Bonchev–Trinajstić information content (AvgIpc) is 3.01. The number of ether oxygens (including phenoxy) is 4. The summed E-state index contributed by atoms with van der Waals surface area (Å²) < 4.78 is 21.2. The normalized spacial score (nSPS) is 19.6. The number of carbonyl (C=O) groups is 1. The van der Waals surface area contributed by atoms with Gasteiger partial charge < -0.3 is 18.9 Å². The Labute approximate surface area is 146 Å². The molecule has 130 valence electrons. The Morgan fingerprint density at radius 3 is 2.52 bits per heavy atom. The van der Waals surface area contributed by atoms with Gasteiger partial charge in [-0.1, -0.05) is 48.5 Å². The molecule has 1 aliphatic heterocycles. The van der Waals surface area contributed by atoms with Crippen LogP contribution in [-0.2, 0) is 20.8 Å². The molecule has 0 aromatic heterocycles. The second kappa shape index (κ2) is 8.35. The van der Waals surface area contributed by atoms with Crippen LogP contribution >= 0.6 is 0 Å². The number of cyclic esters (lactones) is 2. The number of carbonyl (C=O) groups excluding carboxylic acids is 1. The summed E-state index contributed by atoms with van der Waals surface area (Å²) in [7, 11) is 1.63. The van der Waals surface area contributed by atoms with Gasteiger partial charge in [0.1, 0.15) is 5.75 Å². The first-order valence-corrected chi connectivity index (χ1v) is 8.06. The lowest BCUT2D eigenvalue weighted by Crippen LogP contribution is -2.26. The Morgan fingerprint density at radius 2 is 1.80 bits per heavy atom. The minimum Gasteiger partial charge on any atom is -0.497 e. The first kappa shape index (κ1) is 17.0. The van der Waals surface area contributed by atoms with Crippen LogP contribution in [0.4, 0.5) is 4.79 Å². The van der Waals surface area contributed by atoms with Gasteiger partial charge in [0.15, 0.2) is 12.2 Å². The maximum Gasteiger partial charge on any atom is 0.509 e. The highest BCUT2D eigenvalue weighted by atomic mass is 16.8. The Bertz CT molecular complexity index is 709. The lowest BCUT2D eigenvalue weighted by atomic mass is 10.1. The molecule has 0 bridgehead atoms. The van der Waals surface area contributed by atoms with Crippen LogP contribution in [0.5, 0.6) is 5.75 Å². The van der Waals surface area contributed by atoms with Gasteiger partial charge in [0.2, 0.25) is 0 Å². The van der Waals surface area contributed by atoms with Crippen LogP contribution in [0.1, 0.15) is 11.1 Å².